The van der Waals surface area contributed by atoms with E-state index in [-0.39, 0.29) is 6.04 Å². The molecule has 0 aromatic rings. The van der Waals surface area contributed by atoms with Crippen LogP contribution in [0, 0.1) is 0 Å². The molecule has 0 spiro atoms. The van der Waals surface area contributed by atoms with Gasteiger partial charge in [-0.2, -0.15) is 0 Å². The van der Waals surface area contributed by atoms with Crippen LogP contribution in [-0.4, -0.2) is 25.3 Å². The van der Waals surface area contributed by atoms with Gasteiger partial charge in [0.2, 0.25) is 5.90 Å². The molecule has 0 bridgehead atoms. The summed E-state index contributed by atoms with van der Waals surface area (Å²) < 4.78 is 4.97. The maximum Gasteiger partial charge on any atom is 0.212 e. The van der Waals surface area contributed by atoms with Gasteiger partial charge in [-0.15, -0.1) is 0 Å². The molecule has 1 heterocycles. The summed E-state index contributed by atoms with van der Waals surface area (Å²) in [5.74, 6) is 0.657. The minimum Gasteiger partial charge on any atom is -0.483 e. The first-order chi connectivity index (χ1) is 4.84. The van der Waals surface area contributed by atoms with Crippen molar-refractivity contribution in [3.63, 3.8) is 0 Å². The van der Waals surface area contributed by atoms with Crippen LogP contribution in [-0.2, 0) is 4.74 Å². The molecule has 0 radical (unpaired) electrons. The lowest BCUT2D eigenvalue weighted by Crippen LogP contribution is -2.15. The van der Waals surface area contributed by atoms with E-state index < -0.39 is 0 Å². The van der Waals surface area contributed by atoms with E-state index >= 15 is 0 Å². The molecule has 3 heteroatoms. The summed E-state index contributed by atoms with van der Waals surface area (Å²) >= 11 is 0. The van der Waals surface area contributed by atoms with Gasteiger partial charge in [-0.3, -0.25) is 4.99 Å². The van der Waals surface area contributed by atoms with E-state index in [0.29, 0.717) is 5.90 Å². The Balaban J connectivity index is 2.77. The molecule has 0 amide bonds. The molecule has 0 aliphatic carbocycles. The predicted octanol–water partition coefficient (Wildman–Crippen LogP) is 1.02. The smallest absolute Gasteiger partial charge is 0.212 e. The summed E-state index contributed by atoms with van der Waals surface area (Å²) in [6, 6.07) is 0.0417. The first kappa shape index (κ1) is 6.99. The summed E-state index contributed by atoms with van der Waals surface area (Å²) in [4.78, 5) is 8.12. The van der Waals surface area contributed by atoms with Gasteiger partial charge >= 0.3 is 0 Å². The zero-order chi connectivity index (χ0) is 7.40. The van der Waals surface area contributed by atoms with E-state index in [1.807, 2.05) is 6.92 Å². The second-order valence-electron chi connectivity index (χ2n) is 1.99. The third-order valence-electron chi connectivity index (χ3n) is 1.25. The van der Waals surface area contributed by atoms with Gasteiger partial charge < -0.3 is 4.74 Å². The number of hydrogen-bond acceptors (Lipinski definition) is 3. The van der Waals surface area contributed by atoms with Crippen molar-refractivity contribution in [1.82, 2.24) is 0 Å². The topological polar surface area (TPSA) is 34.0 Å². The lowest BCUT2D eigenvalue weighted by atomic mass is 10.3. The summed E-state index contributed by atoms with van der Waals surface area (Å²) in [6.07, 6.45) is 5.18. The largest absolute Gasteiger partial charge is 0.483 e. The van der Waals surface area contributed by atoms with Gasteiger partial charge in [0.1, 0.15) is 6.04 Å². The highest BCUT2D eigenvalue weighted by atomic mass is 16.5. The van der Waals surface area contributed by atoms with Crippen molar-refractivity contribution in [3.8, 4) is 0 Å². The van der Waals surface area contributed by atoms with Crippen LogP contribution in [0.3, 0.4) is 0 Å². The Kier molecular flexibility index (Phi) is 2.20. The molecule has 1 aliphatic heterocycles. The predicted molar refractivity (Wildman–Crippen MR) is 41.5 cm³/mol. The first-order valence-corrected chi connectivity index (χ1v) is 3.14. The van der Waals surface area contributed by atoms with Crippen LogP contribution in [0.1, 0.15) is 6.92 Å². The van der Waals surface area contributed by atoms with Crippen molar-refractivity contribution in [2.24, 2.45) is 9.98 Å². The lowest BCUT2D eigenvalue weighted by molar-refractivity contribution is 0.385. The normalized spacial score (nSPS) is 23.8. The molecule has 0 saturated heterocycles. The minimum absolute atomic E-state index is 0.0417. The van der Waals surface area contributed by atoms with Crippen LogP contribution in [0.25, 0.3) is 0 Å². The lowest BCUT2D eigenvalue weighted by Gasteiger charge is -2.05. The molecular formula is C7H10N2O. The molecule has 0 aromatic carbocycles. The highest BCUT2D eigenvalue weighted by Gasteiger charge is 2.07. The molecule has 1 aliphatic rings. The van der Waals surface area contributed by atoms with E-state index in [1.54, 1.807) is 25.6 Å². The maximum absolute atomic E-state index is 4.97. The molecule has 1 unspecified atom stereocenters. The van der Waals surface area contributed by atoms with Crippen LogP contribution in [0.15, 0.2) is 22.3 Å². The van der Waals surface area contributed by atoms with Gasteiger partial charge in [0.05, 0.1) is 7.11 Å². The Hall–Kier alpha value is -1.12. The van der Waals surface area contributed by atoms with Crippen molar-refractivity contribution in [2.75, 3.05) is 7.11 Å². The third-order valence-corrected chi connectivity index (χ3v) is 1.25. The Morgan fingerprint density at radius 1 is 1.60 bits per heavy atom. The number of rotatable bonds is 0. The molecule has 1 atom stereocenters. The quantitative estimate of drug-likeness (QED) is 0.492. The van der Waals surface area contributed by atoms with Crippen LogP contribution in [0.2, 0.25) is 0 Å². The molecule has 1 rings (SSSR count). The van der Waals surface area contributed by atoms with Gasteiger partial charge in [0, 0.05) is 12.4 Å². The second-order valence-corrected chi connectivity index (χ2v) is 1.99. The van der Waals surface area contributed by atoms with Crippen molar-refractivity contribution in [1.29, 1.82) is 0 Å². The fourth-order valence-corrected chi connectivity index (χ4v) is 0.729. The molecule has 0 fully saturated rings. The van der Waals surface area contributed by atoms with E-state index in [2.05, 4.69) is 9.98 Å². The first-order valence-electron chi connectivity index (χ1n) is 3.14. The van der Waals surface area contributed by atoms with E-state index in [4.69, 9.17) is 4.74 Å². The minimum atomic E-state index is 0.0417. The van der Waals surface area contributed by atoms with E-state index in [0.717, 1.165) is 0 Å². The summed E-state index contributed by atoms with van der Waals surface area (Å²) in [5, 5.41) is 0. The Morgan fingerprint density at radius 3 is 3.10 bits per heavy atom. The average Bonchev–Trinajstić information content (AvgIpc) is 2.13. The Morgan fingerprint density at radius 2 is 2.40 bits per heavy atom. The average molecular weight is 138 g/mol. The highest BCUT2D eigenvalue weighted by molar-refractivity contribution is 5.86. The van der Waals surface area contributed by atoms with Crippen molar-refractivity contribution >= 4 is 12.1 Å². The second kappa shape index (κ2) is 3.15. The number of ether oxygens (including phenoxy) is 1. The zero-order valence-electron chi connectivity index (χ0n) is 6.11. The highest BCUT2D eigenvalue weighted by Crippen LogP contribution is 1.98. The van der Waals surface area contributed by atoms with Crippen LogP contribution >= 0.6 is 0 Å². The van der Waals surface area contributed by atoms with Gasteiger partial charge in [-0.05, 0) is 13.0 Å². The number of nitrogens with zero attached hydrogens (tertiary/aromatic N) is 2. The summed E-state index contributed by atoms with van der Waals surface area (Å²) in [7, 11) is 1.60. The van der Waals surface area contributed by atoms with Gasteiger partial charge in [-0.1, -0.05) is 0 Å². The van der Waals surface area contributed by atoms with Crippen molar-refractivity contribution in [2.45, 2.75) is 13.0 Å². The number of hydrogen-bond donors (Lipinski definition) is 0. The molecule has 54 valence electrons. The van der Waals surface area contributed by atoms with E-state index in [9.17, 15) is 0 Å². The van der Waals surface area contributed by atoms with Crippen LogP contribution < -0.4 is 0 Å². The van der Waals surface area contributed by atoms with E-state index in [1.165, 1.54) is 0 Å². The van der Waals surface area contributed by atoms with Crippen molar-refractivity contribution < 1.29 is 4.74 Å². The fourth-order valence-electron chi connectivity index (χ4n) is 0.729. The molecule has 0 aromatic heterocycles. The summed E-state index contributed by atoms with van der Waals surface area (Å²) in [6.45, 7) is 1.94. The van der Waals surface area contributed by atoms with Crippen LogP contribution in [0.4, 0.5) is 0 Å². The zero-order valence-corrected chi connectivity index (χ0v) is 6.11. The Labute approximate surface area is 60.1 Å². The molecule has 3 nitrogen and oxygen atoms in total. The molecule has 10 heavy (non-hydrogen) atoms. The molecule has 0 N–H and O–H groups in total. The van der Waals surface area contributed by atoms with Crippen molar-refractivity contribution in [3.05, 3.63) is 12.3 Å². The van der Waals surface area contributed by atoms with Gasteiger partial charge in [0.25, 0.3) is 0 Å². The standard InChI is InChI=1S/C7H10N2O/c1-6-7(10-2)9-5-3-4-8-6/h3-6H,1-2H3. The summed E-state index contributed by atoms with van der Waals surface area (Å²) in [5.41, 5.74) is 0. The van der Waals surface area contributed by atoms with Gasteiger partial charge in [0.15, 0.2) is 0 Å². The monoisotopic (exact) mass is 138 g/mol. The third kappa shape index (κ3) is 1.43. The maximum atomic E-state index is 4.97. The van der Waals surface area contributed by atoms with Gasteiger partial charge in [-0.25, -0.2) is 4.99 Å². The SMILES string of the molecule is COC1=NC=CC=NC1C. The fraction of sp³-hybridized carbons (Fsp3) is 0.429. The molecular weight excluding hydrogens is 128 g/mol. The molecule has 0 saturated carbocycles. The number of allylic oxidation sites excluding steroid dienone is 1. The number of methoxy groups -OCH3 is 1. The Bertz CT molecular complexity index is 194. The number of aliphatic imine (C=N–C) groups is 2. The van der Waals surface area contributed by atoms with Crippen LogP contribution in [0.5, 0.6) is 0 Å².